The molecular weight excluding hydrogens is 432 g/mol. The van der Waals surface area contributed by atoms with E-state index in [0.29, 0.717) is 17.9 Å². The minimum atomic E-state index is -1.06. The van der Waals surface area contributed by atoms with Gasteiger partial charge in [0.2, 0.25) is 0 Å². The number of amides is 1. The molecule has 3 aromatic rings. The summed E-state index contributed by atoms with van der Waals surface area (Å²) in [6.07, 6.45) is 1.33. The van der Waals surface area contributed by atoms with Gasteiger partial charge in [0.25, 0.3) is 5.91 Å². The van der Waals surface area contributed by atoms with Gasteiger partial charge in [-0.25, -0.2) is 0 Å². The van der Waals surface area contributed by atoms with Crippen molar-refractivity contribution in [3.8, 4) is 0 Å². The number of hydrogen-bond acceptors (Lipinski definition) is 4. The second-order valence-corrected chi connectivity index (χ2v) is 10.6. The maximum Gasteiger partial charge on any atom is 0.253 e. The highest BCUT2D eigenvalue weighted by Gasteiger charge is 2.53. The second kappa shape index (κ2) is 10.2. The van der Waals surface area contributed by atoms with Crippen molar-refractivity contribution in [2.24, 2.45) is 0 Å². The summed E-state index contributed by atoms with van der Waals surface area (Å²) >= 11 is 0. The van der Waals surface area contributed by atoms with Crippen LogP contribution < -0.4 is 5.32 Å². The van der Waals surface area contributed by atoms with Crippen LogP contribution in [0.3, 0.4) is 0 Å². The van der Waals surface area contributed by atoms with Crippen molar-refractivity contribution >= 4 is 27.5 Å². The van der Waals surface area contributed by atoms with Gasteiger partial charge in [-0.15, -0.1) is 0 Å². The van der Waals surface area contributed by atoms with Gasteiger partial charge in [0, 0.05) is 28.2 Å². The highest BCUT2D eigenvalue weighted by atomic mass is 32.2. The van der Waals surface area contributed by atoms with E-state index in [9.17, 15) is 9.00 Å². The highest BCUT2D eigenvalue weighted by molar-refractivity contribution is 7.85. The van der Waals surface area contributed by atoms with Crippen LogP contribution in [0.25, 0.3) is 10.8 Å². The fourth-order valence-corrected chi connectivity index (χ4v) is 5.13. The molecule has 2 unspecified atom stereocenters. The first-order valence-electron chi connectivity index (χ1n) is 11.5. The van der Waals surface area contributed by atoms with Gasteiger partial charge < -0.3 is 15.0 Å². The number of benzene rings is 3. The van der Waals surface area contributed by atoms with E-state index in [2.05, 4.69) is 28.4 Å². The molecule has 174 valence electrons. The van der Waals surface area contributed by atoms with Crippen molar-refractivity contribution in [2.75, 3.05) is 33.0 Å². The van der Waals surface area contributed by atoms with Crippen molar-refractivity contribution in [3.63, 3.8) is 0 Å². The predicted octanol–water partition coefficient (Wildman–Crippen LogP) is 4.33. The van der Waals surface area contributed by atoms with E-state index >= 15 is 0 Å². The Morgan fingerprint density at radius 1 is 1.09 bits per heavy atom. The van der Waals surface area contributed by atoms with E-state index in [0.717, 1.165) is 40.6 Å². The number of nitrogens with one attached hydrogen (secondary N) is 1. The van der Waals surface area contributed by atoms with E-state index < -0.39 is 17.0 Å². The summed E-state index contributed by atoms with van der Waals surface area (Å²) < 4.78 is 19.1. The minimum Gasteiger partial charge on any atom is -0.356 e. The number of hydrogen-bond donors (Lipinski definition) is 1. The molecule has 0 bridgehead atoms. The van der Waals surface area contributed by atoms with E-state index in [4.69, 9.17) is 4.74 Å². The highest BCUT2D eigenvalue weighted by Crippen LogP contribution is 2.53. The van der Waals surface area contributed by atoms with Crippen LogP contribution in [0.5, 0.6) is 0 Å². The van der Waals surface area contributed by atoms with Crippen molar-refractivity contribution in [3.05, 3.63) is 77.9 Å². The van der Waals surface area contributed by atoms with E-state index in [1.807, 2.05) is 69.6 Å². The summed E-state index contributed by atoms with van der Waals surface area (Å²) in [7, 11) is 2.95. The zero-order valence-corrected chi connectivity index (χ0v) is 20.4. The van der Waals surface area contributed by atoms with E-state index in [-0.39, 0.29) is 11.3 Å². The van der Waals surface area contributed by atoms with Gasteiger partial charge in [-0.2, -0.15) is 0 Å². The molecule has 1 saturated carbocycles. The third-order valence-corrected chi connectivity index (χ3v) is 7.59. The van der Waals surface area contributed by atoms with Gasteiger partial charge in [-0.1, -0.05) is 49.4 Å². The summed E-state index contributed by atoms with van der Waals surface area (Å²) in [4.78, 5) is 16.0. The van der Waals surface area contributed by atoms with Gasteiger partial charge in [0.05, 0.1) is 17.4 Å². The standard InChI is InChI=1S/C27H32N2O3S/c1-4-33(31)22-18-21-12-8-9-13-23(21)24(19-22)27(14-15-27)26(32-17-16-29(2)3)28-25(30)20-10-6-5-7-11-20/h5-13,18-19,26H,4,14-17H2,1-3H3,(H,28,30). The Kier molecular flexibility index (Phi) is 7.27. The first-order chi connectivity index (χ1) is 15.9. The lowest BCUT2D eigenvalue weighted by Crippen LogP contribution is -2.46. The molecule has 1 aliphatic rings. The lowest BCUT2D eigenvalue weighted by Gasteiger charge is -2.30. The lowest BCUT2D eigenvalue weighted by molar-refractivity contribution is -0.000608. The molecular formula is C27H32N2O3S. The number of likely N-dealkylation sites (N-methyl/N-ethyl adjacent to an activating group) is 1. The maximum atomic E-state index is 13.1. The molecule has 6 heteroatoms. The lowest BCUT2D eigenvalue weighted by atomic mass is 9.89. The van der Waals surface area contributed by atoms with Crippen LogP contribution in [0.2, 0.25) is 0 Å². The van der Waals surface area contributed by atoms with Crippen LogP contribution in [-0.2, 0) is 21.0 Å². The summed E-state index contributed by atoms with van der Waals surface area (Å²) in [5.74, 6) is 0.424. The van der Waals surface area contributed by atoms with Crippen molar-refractivity contribution in [2.45, 2.75) is 36.3 Å². The predicted molar refractivity (Wildman–Crippen MR) is 134 cm³/mol. The van der Waals surface area contributed by atoms with Gasteiger partial charge in [-0.3, -0.25) is 9.00 Å². The van der Waals surface area contributed by atoms with Crippen LogP contribution in [0.1, 0.15) is 35.7 Å². The van der Waals surface area contributed by atoms with Gasteiger partial charge in [0.15, 0.2) is 0 Å². The molecule has 5 nitrogen and oxygen atoms in total. The fourth-order valence-electron chi connectivity index (χ4n) is 4.28. The van der Waals surface area contributed by atoms with Crippen molar-refractivity contribution in [1.82, 2.24) is 10.2 Å². The fraction of sp³-hybridized carbons (Fsp3) is 0.370. The molecule has 0 radical (unpaired) electrons. The first kappa shape index (κ1) is 23.6. The van der Waals surface area contributed by atoms with E-state index in [1.54, 1.807) is 0 Å². The van der Waals surface area contributed by atoms with Crippen LogP contribution in [0.15, 0.2) is 71.6 Å². The molecule has 0 aliphatic heterocycles. The van der Waals surface area contributed by atoms with Gasteiger partial charge in [0.1, 0.15) is 6.23 Å². The zero-order valence-electron chi connectivity index (χ0n) is 19.5. The minimum absolute atomic E-state index is 0.144. The largest absolute Gasteiger partial charge is 0.356 e. The third kappa shape index (κ3) is 5.18. The van der Waals surface area contributed by atoms with E-state index in [1.165, 1.54) is 0 Å². The Bertz CT molecular complexity index is 1140. The SMILES string of the molecule is CCS(=O)c1cc(C2(C(NC(=O)c3ccccc3)OCCN(C)C)CC2)c2ccccc2c1. The molecule has 3 aromatic carbocycles. The van der Waals surface area contributed by atoms with Crippen LogP contribution in [-0.4, -0.2) is 54.2 Å². The number of nitrogens with zero attached hydrogens (tertiary/aromatic N) is 1. The van der Waals surface area contributed by atoms with Gasteiger partial charge >= 0.3 is 0 Å². The number of ether oxygens (including phenoxy) is 1. The molecule has 0 aromatic heterocycles. The summed E-state index contributed by atoms with van der Waals surface area (Å²) in [6, 6.07) is 21.6. The molecule has 1 aliphatic carbocycles. The quantitative estimate of drug-likeness (QED) is 0.454. The molecule has 33 heavy (non-hydrogen) atoms. The molecule has 1 N–H and O–H groups in total. The van der Waals surface area contributed by atoms with Crippen LogP contribution in [0, 0.1) is 0 Å². The summed E-state index contributed by atoms with van der Waals surface area (Å²) in [6.45, 7) is 3.20. The van der Waals surface area contributed by atoms with Crippen molar-refractivity contribution < 1.29 is 13.7 Å². The Balaban J connectivity index is 1.74. The number of carbonyl (C=O) groups is 1. The van der Waals surface area contributed by atoms with Crippen LogP contribution >= 0.6 is 0 Å². The molecule has 1 amide bonds. The molecule has 0 heterocycles. The number of fused-ring (bicyclic) bond motifs is 1. The number of rotatable bonds is 10. The molecule has 1 fully saturated rings. The van der Waals surface area contributed by atoms with Gasteiger partial charge in [-0.05, 0) is 67.5 Å². The topological polar surface area (TPSA) is 58.6 Å². The number of carbonyl (C=O) groups excluding carboxylic acids is 1. The van der Waals surface area contributed by atoms with Crippen LogP contribution in [0.4, 0.5) is 0 Å². The second-order valence-electron chi connectivity index (χ2n) is 8.88. The Labute approximate surface area is 198 Å². The summed E-state index contributed by atoms with van der Waals surface area (Å²) in [5, 5.41) is 5.38. The summed E-state index contributed by atoms with van der Waals surface area (Å²) in [5.41, 5.74) is 1.38. The smallest absolute Gasteiger partial charge is 0.253 e. The Morgan fingerprint density at radius 2 is 1.79 bits per heavy atom. The Morgan fingerprint density at radius 3 is 2.45 bits per heavy atom. The first-order valence-corrected chi connectivity index (χ1v) is 12.8. The average Bonchev–Trinajstić information content (AvgIpc) is 3.64. The molecule has 0 saturated heterocycles. The monoisotopic (exact) mass is 464 g/mol. The average molecular weight is 465 g/mol. The molecule has 0 spiro atoms. The third-order valence-electron chi connectivity index (χ3n) is 6.31. The van der Waals surface area contributed by atoms with Crippen molar-refractivity contribution in [1.29, 1.82) is 0 Å². The molecule has 4 rings (SSSR count). The maximum absolute atomic E-state index is 13.1. The Hall–Kier alpha value is -2.54. The zero-order chi connectivity index (χ0) is 23.4. The molecule has 2 atom stereocenters. The normalized spacial score (nSPS) is 16.5.